The van der Waals surface area contributed by atoms with Crippen molar-refractivity contribution in [2.24, 2.45) is 0 Å². The first-order valence-electron chi connectivity index (χ1n) is 11.3. The first kappa shape index (κ1) is 24.6. The summed E-state index contributed by atoms with van der Waals surface area (Å²) in [5.41, 5.74) is 2.97. The van der Waals surface area contributed by atoms with Gasteiger partial charge in [-0.05, 0) is 54.3 Å². The number of hydrogen-bond donors (Lipinski definition) is 1. The van der Waals surface area contributed by atoms with Crippen LogP contribution in [0.15, 0.2) is 66.3 Å². The number of thioether (sulfide) groups is 1. The number of allylic oxidation sites excluding steroid dienone is 1. The van der Waals surface area contributed by atoms with Crippen LogP contribution >= 0.6 is 11.8 Å². The molecule has 2 aromatic carbocycles. The summed E-state index contributed by atoms with van der Waals surface area (Å²) in [6.07, 6.45) is 3.94. The average Bonchev–Trinajstić information content (AvgIpc) is 3.21. The average molecular weight is 465 g/mol. The van der Waals surface area contributed by atoms with Gasteiger partial charge in [0.25, 0.3) is 0 Å². The van der Waals surface area contributed by atoms with Crippen LogP contribution in [-0.4, -0.2) is 33.0 Å². The number of anilines is 1. The van der Waals surface area contributed by atoms with Crippen LogP contribution in [0.5, 0.6) is 5.75 Å². The fourth-order valence-corrected chi connectivity index (χ4v) is 3.96. The van der Waals surface area contributed by atoms with E-state index in [4.69, 9.17) is 4.74 Å². The largest absolute Gasteiger partial charge is 0.494 e. The fraction of sp³-hybridized carbons (Fsp3) is 0.346. The van der Waals surface area contributed by atoms with Crippen LogP contribution in [-0.2, 0) is 11.3 Å². The van der Waals surface area contributed by atoms with E-state index in [0.29, 0.717) is 24.2 Å². The quantitative estimate of drug-likeness (QED) is 0.197. The second-order valence-corrected chi connectivity index (χ2v) is 8.99. The lowest BCUT2D eigenvalue weighted by atomic mass is 10.0. The van der Waals surface area contributed by atoms with E-state index in [1.54, 1.807) is 6.08 Å². The fourth-order valence-electron chi connectivity index (χ4n) is 3.22. The van der Waals surface area contributed by atoms with Crippen LogP contribution in [0.25, 0.3) is 11.4 Å². The number of carbonyl (C=O) groups is 1. The van der Waals surface area contributed by atoms with Crippen molar-refractivity contribution in [3.63, 3.8) is 0 Å². The first-order valence-corrected chi connectivity index (χ1v) is 12.3. The van der Waals surface area contributed by atoms with E-state index in [9.17, 15) is 4.79 Å². The maximum absolute atomic E-state index is 12.5. The highest BCUT2D eigenvalue weighted by Gasteiger charge is 2.15. The first-order chi connectivity index (χ1) is 16.0. The van der Waals surface area contributed by atoms with Gasteiger partial charge in [-0.1, -0.05) is 57.2 Å². The van der Waals surface area contributed by atoms with E-state index in [2.05, 4.69) is 42.9 Å². The molecular formula is C26H32N4O2S. The third-order valence-corrected chi connectivity index (χ3v) is 6.07. The number of unbranched alkanes of at least 4 members (excludes halogenated alkanes) is 1. The number of aromatic nitrogens is 3. The van der Waals surface area contributed by atoms with E-state index in [-0.39, 0.29) is 11.7 Å². The van der Waals surface area contributed by atoms with Gasteiger partial charge in [0.1, 0.15) is 5.75 Å². The Morgan fingerprint density at radius 2 is 1.88 bits per heavy atom. The molecule has 0 radical (unpaired) electrons. The van der Waals surface area contributed by atoms with Gasteiger partial charge >= 0.3 is 0 Å². The van der Waals surface area contributed by atoms with Crippen molar-refractivity contribution in [3.05, 3.63) is 66.7 Å². The number of carbonyl (C=O) groups excluding carboxylic acids is 1. The lowest BCUT2D eigenvalue weighted by Gasteiger charge is -2.10. The number of nitrogens with one attached hydrogen (secondary N) is 1. The topological polar surface area (TPSA) is 69.0 Å². The summed E-state index contributed by atoms with van der Waals surface area (Å²) in [5, 5.41) is 12.3. The van der Waals surface area contributed by atoms with Gasteiger partial charge in [0, 0.05) is 17.8 Å². The zero-order valence-corrected chi connectivity index (χ0v) is 20.4. The molecule has 6 nitrogen and oxygen atoms in total. The third kappa shape index (κ3) is 6.96. The summed E-state index contributed by atoms with van der Waals surface area (Å²) in [4.78, 5) is 12.5. The maximum atomic E-state index is 12.5. The smallest absolute Gasteiger partial charge is 0.234 e. The van der Waals surface area contributed by atoms with Crippen molar-refractivity contribution < 1.29 is 9.53 Å². The van der Waals surface area contributed by atoms with Crippen LogP contribution < -0.4 is 10.1 Å². The molecule has 0 aliphatic carbocycles. The Morgan fingerprint density at radius 3 is 2.52 bits per heavy atom. The zero-order valence-electron chi connectivity index (χ0n) is 19.6. The molecule has 0 saturated heterocycles. The normalized spacial score (nSPS) is 10.9. The highest BCUT2D eigenvalue weighted by molar-refractivity contribution is 7.99. The van der Waals surface area contributed by atoms with E-state index in [1.165, 1.54) is 17.3 Å². The Kier molecular flexibility index (Phi) is 9.13. The lowest BCUT2D eigenvalue weighted by Crippen LogP contribution is -2.14. The molecule has 1 heterocycles. The Morgan fingerprint density at radius 1 is 1.15 bits per heavy atom. The predicted octanol–water partition coefficient (Wildman–Crippen LogP) is 6.16. The van der Waals surface area contributed by atoms with Gasteiger partial charge in [-0.15, -0.1) is 16.8 Å². The summed E-state index contributed by atoms with van der Waals surface area (Å²) < 4.78 is 7.71. The number of rotatable bonds is 12. The predicted molar refractivity (Wildman–Crippen MR) is 136 cm³/mol. The monoisotopic (exact) mass is 464 g/mol. The molecule has 3 aromatic rings. The van der Waals surface area contributed by atoms with E-state index in [1.807, 2.05) is 53.1 Å². The SMILES string of the molecule is C=CCn1c(SCC(=O)Nc2ccc(C(C)C)cc2)nnc1-c1ccc(OCCCC)cc1. The molecule has 0 unspecified atom stereocenters. The molecule has 0 spiro atoms. The summed E-state index contributed by atoms with van der Waals surface area (Å²) in [7, 11) is 0. The van der Waals surface area contributed by atoms with Crippen molar-refractivity contribution in [3.8, 4) is 17.1 Å². The lowest BCUT2D eigenvalue weighted by molar-refractivity contribution is -0.113. The molecule has 3 rings (SSSR count). The van der Waals surface area contributed by atoms with Crippen LogP contribution in [0.2, 0.25) is 0 Å². The number of benzene rings is 2. The molecule has 0 saturated carbocycles. The minimum Gasteiger partial charge on any atom is -0.494 e. The minimum absolute atomic E-state index is 0.0828. The van der Waals surface area contributed by atoms with Gasteiger partial charge in [-0.25, -0.2) is 0 Å². The Balaban J connectivity index is 1.64. The van der Waals surface area contributed by atoms with Crippen molar-refractivity contribution in [1.29, 1.82) is 0 Å². The van der Waals surface area contributed by atoms with Crippen LogP contribution in [0.1, 0.15) is 45.1 Å². The molecule has 1 aromatic heterocycles. The zero-order chi connectivity index (χ0) is 23.6. The Labute approximate surface area is 200 Å². The number of nitrogens with zero attached hydrogens (tertiary/aromatic N) is 3. The molecule has 174 valence electrons. The second kappa shape index (κ2) is 12.3. The minimum atomic E-state index is -0.0828. The summed E-state index contributed by atoms with van der Waals surface area (Å²) in [6, 6.07) is 15.8. The van der Waals surface area contributed by atoms with Crippen LogP contribution in [0.4, 0.5) is 5.69 Å². The van der Waals surface area contributed by atoms with Gasteiger partial charge in [0.15, 0.2) is 11.0 Å². The molecule has 0 atom stereocenters. The standard InChI is InChI=1S/C26H32N4O2S/c1-5-7-17-32-23-14-10-21(11-15-23)25-28-29-26(30(25)16-6-2)33-18-24(31)27-22-12-8-20(9-13-22)19(3)4/h6,8-15,19H,2,5,7,16-18H2,1,3-4H3,(H,27,31). The van der Waals surface area contributed by atoms with E-state index >= 15 is 0 Å². The molecule has 0 bridgehead atoms. The molecule has 0 aliphatic heterocycles. The van der Waals surface area contributed by atoms with Gasteiger partial charge in [-0.3, -0.25) is 9.36 Å². The molecule has 0 aliphatic rings. The summed E-state index contributed by atoms with van der Waals surface area (Å²) in [5.74, 6) is 2.20. The number of amides is 1. The van der Waals surface area contributed by atoms with E-state index in [0.717, 1.165) is 35.7 Å². The second-order valence-electron chi connectivity index (χ2n) is 8.05. The van der Waals surface area contributed by atoms with Crippen molar-refractivity contribution in [2.75, 3.05) is 17.7 Å². The Bertz CT molecular complexity index is 1040. The highest BCUT2D eigenvalue weighted by Crippen LogP contribution is 2.26. The van der Waals surface area contributed by atoms with Crippen molar-refractivity contribution in [2.45, 2.75) is 51.2 Å². The molecular weight excluding hydrogens is 432 g/mol. The van der Waals surface area contributed by atoms with Crippen molar-refractivity contribution in [1.82, 2.24) is 14.8 Å². The maximum Gasteiger partial charge on any atom is 0.234 e. The van der Waals surface area contributed by atoms with Crippen molar-refractivity contribution >= 4 is 23.4 Å². The number of hydrogen-bond acceptors (Lipinski definition) is 5. The number of ether oxygens (including phenoxy) is 1. The Hall–Kier alpha value is -3.06. The molecule has 1 N–H and O–H groups in total. The molecule has 33 heavy (non-hydrogen) atoms. The van der Waals surface area contributed by atoms with Gasteiger partial charge in [0.05, 0.1) is 12.4 Å². The third-order valence-electron chi connectivity index (χ3n) is 5.10. The summed E-state index contributed by atoms with van der Waals surface area (Å²) in [6.45, 7) is 11.6. The molecule has 0 fully saturated rings. The van der Waals surface area contributed by atoms with E-state index < -0.39 is 0 Å². The molecule has 7 heteroatoms. The summed E-state index contributed by atoms with van der Waals surface area (Å²) >= 11 is 1.36. The van der Waals surface area contributed by atoms with Gasteiger partial charge < -0.3 is 10.1 Å². The molecule has 1 amide bonds. The van der Waals surface area contributed by atoms with Crippen LogP contribution in [0.3, 0.4) is 0 Å². The van der Waals surface area contributed by atoms with Gasteiger partial charge in [0.2, 0.25) is 5.91 Å². The highest BCUT2D eigenvalue weighted by atomic mass is 32.2. The van der Waals surface area contributed by atoms with Gasteiger partial charge in [-0.2, -0.15) is 0 Å². The van der Waals surface area contributed by atoms with Crippen LogP contribution in [0, 0.1) is 0 Å².